The fourth-order valence-electron chi connectivity index (χ4n) is 2.35. The summed E-state index contributed by atoms with van der Waals surface area (Å²) < 4.78 is 5.60. The number of phenols is 1. The number of para-hydroxylation sites is 1. The summed E-state index contributed by atoms with van der Waals surface area (Å²) in [7, 11) is 0. The van der Waals surface area contributed by atoms with E-state index >= 15 is 0 Å². The molecule has 98 valence electrons. The van der Waals surface area contributed by atoms with Crippen molar-refractivity contribution >= 4 is 5.91 Å². The first-order chi connectivity index (χ1) is 8.49. The molecule has 1 aromatic rings. The number of aryl methyl sites for hydroxylation is 1. The van der Waals surface area contributed by atoms with Gasteiger partial charge in [0.05, 0.1) is 17.8 Å². The predicted molar refractivity (Wildman–Crippen MR) is 68.8 cm³/mol. The summed E-state index contributed by atoms with van der Waals surface area (Å²) in [6, 6.07) is 5.24. The highest BCUT2D eigenvalue weighted by molar-refractivity contribution is 5.97. The molecule has 1 fully saturated rings. The lowest BCUT2D eigenvalue weighted by Crippen LogP contribution is -2.48. The van der Waals surface area contributed by atoms with E-state index in [1.54, 1.807) is 30.0 Å². The molecule has 2 atom stereocenters. The first-order valence-corrected chi connectivity index (χ1v) is 6.22. The fourth-order valence-corrected chi connectivity index (χ4v) is 2.35. The van der Waals surface area contributed by atoms with Gasteiger partial charge in [-0.15, -0.1) is 0 Å². The standard InChI is InChI=1S/C14H19NO3/c1-9-5-4-6-12(13(9)16)14(17)15-7-10(2)18-11(3)8-15/h4-6,10-11,16H,7-8H2,1-3H3/t10-,11+. The zero-order valence-corrected chi connectivity index (χ0v) is 11.0. The number of hydrogen-bond donors (Lipinski definition) is 1. The molecule has 1 aliphatic heterocycles. The van der Waals surface area contributed by atoms with Gasteiger partial charge in [-0.05, 0) is 32.4 Å². The number of nitrogens with zero attached hydrogens (tertiary/aromatic N) is 1. The molecule has 0 unspecified atom stereocenters. The highest BCUT2D eigenvalue weighted by atomic mass is 16.5. The Kier molecular flexibility index (Phi) is 3.57. The molecule has 4 heteroatoms. The molecule has 1 aliphatic rings. The summed E-state index contributed by atoms with van der Waals surface area (Å²) >= 11 is 0. The smallest absolute Gasteiger partial charge is 0.257 e. The second kappa shape index (κ2) is 4.98. The summed E-state index contributed by atoms with van der Waals surface area (Å²) in [5, 5.41) is 9.95. The van der Waals surface area contributed by atoms with Crippen LogP contribution in [0.4, 0.5) is 0 Å². The van der Waals surface area contributed by atoms with Crippen molar-refractivity contribution in [2.45, 2.75) is 33.0 Å². The average Bonchev–Trinajstić information content (AvgIpc) is 2.30. The molecule has 0 aliphatic carbocycles. The molecule has 1 aromatic carbocycles. The number of benzene rings is 1. The zero-order valence-electron chi connectivity index (χ0n) is 11.0. The van der Waals surface area contributed by atoms with Gasteiger partial charge < -0.3 is 14.7 Å². The number of carbonyl (C=O) groups is 1. The third kappa shape index (κ3) is 2.48. The summed E-state index contributed by atoms with van der Waals surface area (Å²) in [4.78, 5) is 14.1. The Bertz CT molecular complexity index is 448. The van der Waals surface area contributed by atoms with Crippen molar-refractivity contribution in [3.8, 4) is 5.75 Å². The second-order valence-corrected chi connectivity index (χ2v) is 4.94. The predicted octanol–water partition coefficient (Wildman–Crippen LogP) is 1.95. The van der Waals surface area contributed by atoms with Gasteiger partial charge in [0.15, 0.2) is 0 Å². The van der Waals surface area contributed by atoms with Gasteiger partial charge in [-0.3, -0.25) is 4.79 Å². The van der Waals surface area contributed by atoms with Crippen LogP contribution in [0.15, 0.2) is 18.2 Å². The van der Waals surface area contributed by atoms with Crippen molar-refractivity contribution in [2.24, 2.45) is 0 Å². The molecule has 1 saturated heterocycles. The summed E-state index contributed by atoms with van der Waals surface area (Å²) in [6.07, 6.45) is 0.0642. The Hall–Kier alpha value is -1.55. The number of hydrogen-bond acceptors (Lipinski definition) is 3. The van der Waals surface area contributed by atoms with Crippen molar-refractivity contribution in [1.29, 1.82) is 0 Å². The van der Waals surface area contributed by atoms with Crippen molar-refractivity contribution < 1.29 is 14.6 Å². The Balaban J connectivity index is 2.23. The van der Waals surface area contributed by atoms with Crippen LogP contribution in [0, 0.1) is 6.92 Å². The molecular weight excluding hydrogens is 230 g/mol. The third-order valence-corrected chi connectivity index (χ3v) is 3.17. The van der Waals surface area contributed by atoms with Crippen LogP contribution in [0.3, 0.4) is 0 Å². The Morgan fingerprint density at radius 2 is 1.94 bits per heavy atom. The summed E-state index contributed by atoms with van der Waals surface area (Å²) in [5.41, 5.74) is 1.09. The highest BCUT2D eigenvalue weighted by Gasteiger charge is 2.27. The molecular formula is C14H19NO3. The molecule has 18 heavy (non-hydrogen) atoms. The molecule has 1 heterocycles. The number of phenolic OH excluding ortho intramolecular Hbond substituents is 1. The third-order valence-electron chi connectivity index (χ3n) is 3.17. The number of rotatable bonds is 1. The maximum Gasteiger partial charge on any atom is 0.257 e. The lowest BCUT2D eigenvalue weighted by atomic mass is 10.1. The number of morpholine rings is 1. The maximum absolute atomic E-state index is 12.4. The van der Waals surface area contributed by atoms with Crippen molar-refractivity contribution in [2.75, 3.05) is 13.1 Å². The Morgan fingerprint density at radius 1 is 1.33 bits per heavy atom. The van der Waals surface area contributed by atoms with Crippen molar-refractivity contribution in [3.63, 3.8) is 0 Å². The van der Waals surface area contributed by atoms with E-state index in [9.17, 15) is 9.90 Å². The van der Waals surface area contributed by atoms with Crippen molar-refractivity contribution in [3.05, 3.63) is 29.3 Å². The number of carbonyl (C=O) groups excluding carboxylic acids is 1. The molecule has 0 aromatic heterocycles. The van der Waals surface area contributed by atoms with Crippen LogP contribution in [-0.4, -0.2) is 41.2 Å². The highest BCUT2D eigenvalue weighted by Crippen LogP contribution is 2.24. The number of aromatic hydroxyl groups is 1. The van der Waals surface area contributed by atoms with Crippen LogP contribution in [0.25, 0.3) is 0 Å². The normalized spacial score (nSPS) is 24.1. The molecule has 0 bridgehead atoms. The molecule has 0 saturated carbocycles. The molecule has 4 nitrogen and oxygen atoms in total. The number of ether oxygens (including phenoxy) is 1. The minimum atomic E-state index is -0.127. The van der Waals surface area contributed by atoms with E-state index in [2.05, 4.69) is 0 Å². The van der Waals surface area contributed by atoms with Gasteiger partial charge in [0.2, 0.25) is 0 Å². The van der Waals surface area contributed by atoms with E-state index in [4.69, 9.17) is 4.74 Å². The fraction of sp³-hybridized carbons (Fsp3) is 0.500. The maximum atomic E-state index is 12.4. The van der Waals surface area contributed by atoms with Gasteiger partial charge in [-0.2, -0.15) is 0 Å². The Labute approximate surface area is 107 Å². The van der Waals surface area contributed by atoms with Gasteiger partial charge in [-0.1, -0.05) is 12.1 Å². The topological polar surface area (TPSA) is 49.8 Å². The first-order valence-electron chi connectivity index (χ1n) is 6.22. The largest absolute Gasteiger partial charge is 0.507 e. The summed E-state index contributed by atoms with van der Waals surface area (Å²) in [5.74, 6) is -0.0486. The Morgan fingerprint density at radius 3 is 2.56 bits per heavy atom. The monoisotopic (exact) mass is 249 g/mol. The molecule has 1 N–H and O–H groups in total. The van der Waals surface area contributed by atoms with Gasteiger partial charge in [-0.25, -0.2) is 0 Å². The van der Waals surface area contributed by atoms with Gasteiger partial charge in [0, 0.05) is 13.1 Å². The van der Waals surface area contributed by atoms with Crippen LogP contribution in [-0.2, 0) is 4.74 Å². The van der Waals surface area contributed by atoms with Crippen LogP contribution < -0.4 is 0 Å². The zero-order chi connectivity index (χ0) is 13.3. The van der Waals surface area contributed by atoms with E-state index in [0.29, 0.717) is 18.7 Å². The SMILES string of the molecule is Cc1cccc(C(=O)N2C[C@@H](C)O[C@@H](C)C2)c1O. The lowest BCUT2D eigenvalue weighted by molar-refractivity contribution is -0.0586. The van der Waals surface area contributed by atoms with Crippen LogP contribution in [0.1, 0.15) is 29.8 Å². The first kappa shape index (κ1) is 12.9. The van der Waals surface area contributed by atoms with Crippen LogP contribution in [0.2, 0.25) is 0 Å². The van der Waals surface area contributed by atoms with Crippen LogP contribution in [0.5, 0.6) is 5.75 Å². The van der Waals surface area contributed by atoms with E-state index in [-0.39, 0.29) is 23.9 Å². The summed E-state index contributed by atoms with van der Waals surface area (Å²) in [6.45, 7) is 6.82. The lowest BCUT2D eigenvalue weighted by Gasteiger charge is -2.35. The molecule has 1 amide bonds. The van der Waals surface area contributed by atoms with Gasteiger partial charge >= 0.3 is 0 Å². The quantitative estimate of drug-likeness (QED) is 0.827. The van der Waals surface area contributed by atoms with E-state index in [0.717, 1.165) is 5.56 Å². The molecule has 0 radical (unpaired) electrons. The van der Waals surface area contributed by atoms with Gasteiger partial charge in [0.25, 0.3) is 5.91 Å². The van der Waals surface area contributed by atoms with Crippen molar-refractivity contribution in [1.82, 2.24) is 4.90 Å². The van der Waals surface area contributed by atoms with E-state index < -0.39 is 0 Å². The van der Waals surface area contributed by atoms with E-state index in [1.807, 2.05) is 13.8 Å². The van der Waals surface area contributed by atoms with Crippen LogP contribution >= 0.6 is 0 Å². The molecule has 0 spiro atoms. The van der Waals surface area contributed by atoms with Gasteiger partial charge in [0.1, 0.15) is 5.75 Å². The number of amides is 1. The minimum Gasteiger partial charge on any atom is -0.507 e. The van der Waals surface area contributed by atoms with E-state index in [1.165, 1.54) is 0 Å². The average molecular weight is 249 g/mol. The second-order valence-electron chi connectivity index (χ2n) is 4.94. The molecule has 2 rings (SSSR count). The minimum absolute atomic E-state index is 0.0321.